The van der Waals surface area contributed by atoms with Crippen LogP contribution in [0.15, 0.2) is 54.6 Å². The quantitative estimate of drug-likeness (QED) is 0.787. The van der Waals surface area contributed by atoms with Gasteiger partial charge in [-0.05, 0) is 0 Å². The van der Waals surface area contributed by atoms with Gasteiger partial charge in [0.15, 0.2) is 0 Å². The van der Waals surface area contributed by atoms with Gasteiger partial charge in [0.2, 0.25) is 0 Å². The van der Waals surface area contributed by atoms with Crippen molar-refractivity contribution in [1.29, 1.82) is 0 Å². The second-order valence-corrected chi connectivity index (χ2v) is 5.15. The molecule has 0 fully saturated rings. The molecule has 0 saturated carbocycles. The first-order valence-electron chi connectivity index (χ1n) is 4.70. The van der Waals surface area contributed by atoms with Crippen LogP contribution < -0.4 is 9.00 Å². The average molecular weight is 243 g/mol. The summed E-state index contributed by atoms with van der Waals surface area (Å²) in [5.41, 5.74) is 1.19. The van der Waals surface area contributed by atoms with Crippen LogP contribution >= 0.6 is 0 Å². The van der Waals surface area contributed by atoms with Gasteiger partial charge in [-0.2, -0.15) is 0 Å². The van der Waals surface area contributed by atoms with E-state index in [4.69, 9.17) is 0 Å². The average Bonchev–Trinajstić information content (AvgIpc) is 2.30. The molecule has 0 spiro atoms. The number of hydrogen-bond donors (Lipinski definition) is 0. The van der Waals surface area contributed by atoms with Crippen LogP contribution in [0.1, 0.15) is 5.56 Å². The molecule has 0 atom stereocenters. The van der Waals surface area contributed by atoms with Crippen LogP contribution in [0.4, 0.5) is 0 Å². The SMILES string of the molecule is Cc1cc[c]([Co](=[O])[c]2ccccc2)cc1. The van der Waals surface area contributed by atoms with Crippen molar-refractivity contribution in [3.05, 3.63) is 60.2 Å². The summed E-state index contributed by atoms with van der Waals surface area (Å²) in [7, 11) is 0. The minimum atomic E-state index is -1.41. The predicted molar refractivity (Wildman–Crippen MR) is 57.6 cm³/mol. The van der Waals surface area contributed by atoms with E-state index in [0.29, 0.717) is 0 Å². The van der Waals surface area contributed by atoms with E-state index in [-0.39, 0.29) is 0 Å². The first-order chi connectivity index (χ1) is 7.27. The molecule has 2 aromatic rings. The first kappa shape index (κ1) is 10.3. The maximum atomic E-state index is 12.1. The van der Waals surface area contributed by atoms with Crippen LogP contribution in [0.5, 0.6) is 0 Å². The predicted octanol–water partition coefficient (Wildman–Crippen LogP) is 1.91. The Morgan fingerprint density at radius 2 is 1.33 bits per heavy atom. The maximum absolute atomic E-state index is 12.1. The molecule has 0 aromatic heterocycles. The molecule has 0 radical (unpaired) electrons. The van der Waals surface area contributed by atoms with Crippen LogP contribution in [0.2, 0.25) is 0 Å². The molecule has 0 unspecified atom stereocenters. The molecule has 0 amide bonds. The van der Waals surface area contributed by atoms with Gasteiger partial charge in [-0.25, -0.2) is 0 Å². The van der Waals surface area contributed by atoms with Crippen LogP contribution in [0, 0.1) is 6.92 Å². The molecule has 79 valence electrons. The molecule has 0 aliphatic heterocycles. The summed E-state index contributed by atoms with van der Waals surface area (Å²) in [6.45, 7) is 2.03. The summed E-state index contributed by atoms with van der Waals surface area (Å²) in [5, 5.41) is 0. The topological polar surface area (TPSA) is 17.1 Å². The van der Waals surface area contributed by atoms with Crippen molar-refractivity contribution < 1.29 is 17.5 Å². The molecule has 0 heterocycles. The van der Waals surface area contributed by atoms with Crippen molar-refractivity contribution >= 4 is 9.00 Å². The van der Waals surface area contributed by atoms with E-state index in [1.54, 1.807) is 0 Å². The Balaban J connectivity index is 2.33. The van der Waals surface area contributed by atoms with Gasteiger partial charge >= 0.3 is 93.5 Å². The summed E-state index contributed by atoms with van der Waals surface area (Å²) >= 11 is -1.41. The first-order valence-corrected chi connectivity index (χ1v) is 6.17. The van der Waals surface area contributed by atoms with Crippen molar-refractivity contribution in [3.8, 4) is 0 Å². The zero-order valence-corrected chi connectivity index (χ0v) is 9.48. The molecule has 0 aliphatic carbocycles. The third-order valence-corrected chi connectivity index (χ3v) is 3.85. The van der Waals surface area contributed by atoms with Gasteiger partial charge in [0, 0.05) is 0 Å². The van der Waals surface area contributed by atoms with E-state index in [9.17, 15) is 3.87 Å². The van der Waals surface area contributed by atoms with E-state index >= 15 is 0 Å². The molecule has 1 nitrogen and oxygen atoms in total. The normalized spacial score (nSPS) is 11.1. The number of benzene rings is 2. The van der Waals surface area contributed by atoms with Gasteiger partial charge in [0.1, 0.15) is 0 Å². The van der Waals surface area contributed by atoms with Gasteiger partial charge < -0.3 is 0 Å². The molecular weight excluding hydrogens is 231 g/mol. The van der Waals surface area contributed by atoms with E-state index < -0.39 is 13.6 Å². The Kier molecular flexibility index (Phi) is 3.09. The molecule has 0 N–H and O–H groups in total. The fourth-order valence-corrected chi connectivity index (χ4v) is 2.60. The Hall–Kier alpha value is -1.25. The van der Waals surface area contributed by atoms with Crippen LogP contribution in [-0.2, 0) is 17.5 Å². The van der Waals surface area contributed by atoms with Gasteiger partial charge in [0.05, 0.1) is 0 Å². The Morgan fingerprint density at radius 1 is 0.800 bits per heavy atom. The molecule has 2 rings (SSSR count). The molecule has 15 heavy (non-hydrogen) atoms. The second-order valence-electron chi connectivity index (χ2n) is 3.26. The minimum absolute atomic E-state index is 0.883. The molecular formula is C13H12CoO. The van der Waals surface area contributed by atoms with Crippen LogP contribution in [0.25, 0.3) is 0 Å². The van der Waals surface area contributed by atoms with Crippen molar-refractivity contribution in [1.82, 2.24) is 0 Å². The molecule has 0 saturated heterocycles. The van der Waals surface area contributed by atoms with Gasteiger partial charge in [-0.1, -0.05) is 0 Å². The molecule has 0 bridgehead atoms. The monoisotopic (exact) mass is 243 g/mol. The van der Waals surface area contributed by atoms with Crippen molar-refractivity contribution in [2.45, 2.75) is 6.92 Å². The van der Waals surface area contributed by atoms with Crippen molar-refractivity contribution in [3.63, 3.8) is 0 Å². The molecule has 2 heteroatoms. The fourth-order valence-electron chi connectivity index (χ4n) is 1.24. The Bertz CT molecular complexity index is 460. The van der Waals surface area contributed by atoms with Crippen molar-refractivity contribution in [2.75, 3.05) is 0 Å². The van der Waals surface area contributed by atoms with Gasteiger partial charge in [0.25, 0.3) is 0 Å². The van der Waals surface area contributed by atoms with Gasteiger partial charge in [-0.3, -0.25) is 0 Å². The van der Waals surface area contributed by atoms with Crippen LogP contribution in [-0.4, -0.2) is 0 Å². The van der Waals surface area contributed by atoms with E-state index in [0.717, 1.165) is 9.00 Å². The zero-order valence-electron chi connectivity index (χ0n) is 8.44. The number of hydrogen-bond acceptors (Lipinski definition) is 1. The summed E-state index contributed by atoms with van der Waals surface area (Å²) in [4.78, 5) is 0. The van der Waals surface area contributed by atoms with E-state index in [2.05, 4.69) is 0 Å². The second kappa shape index (κ2) is 4.51. The third-order valence-electron chi connectivity index (χ3n) is 2.06. The molecule has 0 aliphatic rings. The van der Waals surface area contributed by atoms with E-state index in [1.165, 1.54) is 5.56 Å². The summed E-state index contributed by atoms with van der Waals surface area (Å²) in [6, 6.07) is 17.4. The third kappa shape index (κ3) is 2.40. The Labute approximate surface area is 93.7 Å². The summed E-state index contributed by atoms with van der Waals surface area (Å²) in [6.07, 6.45) is 0. The molecule has 2 aromatic carbocycles. The number of rotatable bonds is 2. The van der Waals surface area contributed by atoms with E-state index in [1.807, 2.05) is 61.5 Å². The van der Waals surface area contributed by atoms with Crippen molar-refractivity contribution in [2.24, 2.45) is 0 Å². The Morgan fingerprint density at radius 3 is 1.93 bits per heavy atom. The number of aryl methyl sites for hydroxylation is 1. The summed E-state index contributed by atoms with van der Waals surface area (Å²) < 4.78 is 13.9. The fraction of sp³-hybridized carbons (Fsp3) is 0.0769. The summed E-state index contributed by atoms with van der Waals surface area (Å²) in [5.74, 6) is 0. The zero-order chi connectivity index (χ0) is 10.7. The van der Waals surface area contributed by atoms with Crippen LogP contribution in [0.3, 0.4) is 0 Å². The standard InChI is InChI=1S/C7H7.C6H5.Co.O/c1-7-5-3-2-4-6-7;1-2-4-6-5-3-1;;/h3-6H,1H3;1-5H;;. The van der Waals surface area contributed by atoms with Gasteiger partial charge in [-0.15, -0.1) is 0 Å².